The van der Waals surface area contributed by atoms with Gasteiger partial charge in [-0.1, -0.05) is 6.07 Å². The van der Waals surface area contributed by atoms with E-state index >= 15 is 0 Å². The van der Waals surface area contributed by atoms with Crippen LogP contribution in [0.3, 0.4) is 0 Å². The van der Waals surface area contributed by atoms with Crippen LogP contribution in [-0.2, 0) is 6.18 Å². The van der Waals surface area contributed by atoms with E-state index in [2.05, 4.69) is 20.7 Å². The number of benzene rings is 2. The standard InChI is InChI=1S/C20H14F3N5O2/c21-20(22,23)13-4-6-14(7-5-13)25-19(29)26-15-2-1-3-16(12-15)30-18-9-8-17-24-10-11-28(17)27-18/h1-12H,(H2,25,26,29). The molecule has 4 rings (SSSR count). The molecule has 4 aromatic rings. The van der Waals surface area contributed by atoms with Crippen LogP contribution in [0.4, 0.5) is 29.3 Å². The van der Waals surface area contributed by atoms with Gasteiger partial charge in [-0.05, 0) is 42.5 Å². The van der Waals surface area contributed by atoms with E-state index in [0.29, 0.717) is 23.0 Å². The Balaban J connectivity index is 1.40. The zero-order valence-corrected chi connectivity index (χ0v) is 15.2. The van der Waals surface area contributed by atoms with Gasteiger partial charge in [-0.3, -0.25) is 0 Å². The fraction of sp³-hybridized carbons (Fsp3) is 0.0500. The third-order valence-electron chi connectivity index (χ3n) is 4.02. The minimum atomic E-state index is -4.43. The number of carbonyl (C=O) groups excluding carboxylic acids is 1. The Kier molecular flexibility index (Phi) is 4.97. The van der Waals surface area contributed by atoms with Crippen LogP contribution in [0, 0.1) is 0 Å². The van der Waals surface area contributed by atoms with Gasteiger partial charge in [0, 0.05) is 35.9 Å². The number of anilines is 2. The van der Waals surface area contributed by atoms with E-state index in [1.807, 2.05) is 0 Å². The van der Waals surface area contributed by atoms with Gasteiger partial charge in [0.05, 0.1) is 5.56 Å². The number of fused-ring (bicyclic) bond motifs is 1. The largest absolute Gasteiger partial charge is 0.438 e. The maximum absolute atomic E-state index is 12.6. The molecule has 0 atom stereocenters. The Morgan fingerprint density at radius 2 is 1.73 bits per heavy atom. The molecule has 0 saturated carbocycles. The molecule has 2 amide bonds. The fourth-order valence-corrected chi connectivity index (χ4v) is 2.65. The quantitative estimate of drug-likeness (QED) is 0.483. The molecule has 0 bridgehead atoms. The van der Waals surface area contributed by atoms with Crippen molar-refractivity contribution in [2.24, 2.45) is 0 Å². The summed E-state index contributed by atoms with van der Waals surface area (Å²) in [5, 5.41) is 9.33. The van der Waals surface area contributed by atoms with Crippen LogP contribution in [0.5, 0.6) is 11.6 Å². The molecule has 0 spiro atoms. The highest BCUT2D eigenvalue weighted by atomic mass is 19.4. The summed E-state index contributed by atoms with van der Waals surface area (Å²) >= 11 is 0. The second-order valence-corrected chi connectivity index (χ2v) is 6.19. The normalized spacial score (nSPS) is 11.3. The van der Waals surface area contributed by atoms with Gasteiger partial charge in [0.15, 0.2) is 5.65 Å². The number of amides is 2. The third-order valence-corrected chi connectivity index (χ3v) is 4.02. The number of imidazole rings is 1. The van der Waals surface area contributed by atoms with Crippen molar-refractivity contribution in [1.82, 2.24) is 14.6 Å². The summed E-state index contributed by atoms with van der Waals surface area (Å²) < 4.78 is 45.1. The van der Waals surface area contributed by atoms with Crippen molar-refractivity contribution in [2.45, 2.75) is 6.18 Å². The van der Waals surface area contributed by atoms with E-state index in [9.17, 15) is 18.0 Å². The van der Waals surface area contributed by atoms with Gasteiger partial charge < -0.3 is 15.4 Å². The summed E-state index contributed by atoms with van der Waals surface area (Å²) in [5.41, 5.74) is 0.546. The highest BCUT2D eigenvalue weighted by Crippen LogP contribution is 2.30. The molecule has 0 aliphatic heterocycles. The molecule has 152 valence electrons. The minimum Gasteiger partial charge on any atom is -0.438 e. The van der Waals surface area contributed by atoms with Crippen molar-refractivity contribution in [3.05, 3.63) is 78.6 Å². The number of carbonyl (C=O) groups is 1. The van der Waals surface area contributed by atoms with Crippen molar-refractivity contribution in [3.8, 4) is 11.6 Å². The lowest BCUT2D eigenvalue weighted by Crippen LogP contribution is -2.19. The summed E-state index contributed by atoms with van der Waals surface area (Å²) in [6.07, 6.45) is -1.13. The maximum atomic E-state index is 12.6. The monoisotopic (exact) mass is 413 g/mol. The summed E-state index contributed by atoms with van der Waals surface area (Å²) in [5.74, 6) is 0.779. The Morgan fingerprint density at radius 3 is 2.50 bits per heavy atom. The van der Waals surface area contributed by atoms with Gasteiger partial charge >= 0.3 is 12.2 Å². The molecule has 2 heterocycles. The van der Waals surface area contributed by atoms with Crippen LogP contribution < -0.4 is 15.4 Å². The van der Waals surface area contributed by atoms with Crippen LogP contribution in [0.2, 0.25) is 0 Å². The molecule has 2 aromatic carbocycles. The molecule has 0 radical (unpaired) electrons. The van der Waals surface area contributed by atoms with Crippen molar-refractivity contribution < 1.29 is 22.7 Å². The molecule has 10 heteroatoms. The van der Waals surface area contributed by atoms with Crippen molar-refractivity contribution in [2.75, 3.05) is 10.6 Å². The molecule has 0 unspecified atom stereocenters. The number of urea groups is 1. The predicted molar refractivity (Wildman–Crippen MR) is 104 cm³/mol. The molecular formula is C20H14F3N5O2. The average Bonchev–Trinajstić information content (AvgIpc) is 3.16. The van der Waals surface area contributed by atoms with Crippen LogP contribution in [0.1, 0.15) is 5.56 Å². The number of ether oxygens (including phenoxy) is 1. The van der Waals surface area contributed by atoms with Gasteiger partial charge in [-0.25, -0.2) is 14.3 Å². The van der Waals surface area contributed by atoms with Gasteiger partial charge in [-0.2, -0.15) is 13.2 Å². The van der Waals surface area contributed by atoms with Gasteiger partial charge in [0.2, 0.25) is 5.88 Å². The summed E-state index contributed by atoms with van der Waals surface area (Å²) in [4.78, 5) is 16.2. The number of nitrogens with one attached hydrogen (secondary N) is 2. The van der Waals surface area contributed by atoms with E-state index in [0.717, 1.165) is 12.1 Å². The lowest BCUT2D eigenvalue weighted by Gasteiger charge is -2.11. The second-order valence-electron chi connectivity index (χ2n) is 6.19. The smallest absolute Gasteiger partial charge is 0.416 e. The number of rotatable bonds is 4. The maximum Gasteiger partial charge on any atom is 0.416 e. The Hall–Kier alpha value is -4.08. The first kappa shape index (κ1) is 19.2. The fourth-order valence-electron chi connectivity index (χ4n) is 2.65. The predicted octanol–water partition coefficient (Wildman–Crippen LogP) is 5.18. The number of alkyl halides is 3. The number of nitrogens with zero attached hydrogens (tertiary/aromatic N) is 3. The average molecular weight is 413 g/mol. The van der Waals surface area contributed by atoms with Crippen LogP contribution in [-0.4, -0.2) is 20.6 Å². The number of aromatic nitrogens is 3. The van der Waals surface area contributed by atoms with Crippen molar-refractivity contribution >= 4 is 23.1 Å². The van der Waals surface area contributed by atoms with Crippen LogP contribution >= 0.6 is 0 Å². The molecule has 7 nitrogen and oxygen atoms in total. The first-order valence-corrected chi connectivity index (χ1v) is 8.70. The first-order chi connectivity index (χ1) is 14.4. The highest BCUT2D eigenvalue weighted by molar-refractivity contribution is 5.99. The molecule has 0 aliphatic carbocycles. The number of halogens is 3. The van der Waals surface area contributed by atoms with Gasteiger partial charge in [0.1, 0.15) is 5.75 Å². The molecule has 30 heavy (non-hydrogen) atoms. The number of hydrogen-bond donors (Lipinski definition) is 2. The lowest BCUT2D eigenvalue weighted by atomic mass is 10.2. The Bertz CT molecular complexity index is 1190. The lowest BCUT2D eigenvalue weighted by molar-refractivity contribution is -0.137. The molecular weight excluding hydrogens is 399 g/mol. The topological polar surface area (TPSA) is 80.5 Å². The Labute approximate surface area is 168 Å². The summed E-state index contributed by atoms with van der Waals surface area (Å²) in [6, 6.07) is 13.6. The van der Waals surface area contributed by atoms with E-state index in [1.54, 1.807) is 53.3 Å². The van der Waals surface area contributed by atoms with Crippen molar-refractivity contribution in [3.63, 3.8) is 0 Å². The SMILES string of the molecule is O=C(Nc1ccc(C(F)(F)F)cc1)Nc1cccc(Oc2ccc3nccn3n2)c1. The zero-order chi connectivity index (χ0) is 21.1. The second kappa shape index (κ2) is 7.74. The molecule has 0 fully saturated rings. The zero-order valence-electron chi connectivity index (χ0n) is 15.2. The van der Waals surface area contributed by atoms with E-state index in [-0.39, 0.29) is 5.69 Å². The number of hydrogen-bond acceptors (Lipinski definition) is 4. The molecule has 0 aliphatic rings. The van der Waals surface area contributed by atoms with E-state index in [4.69, 9.17) is 4.74 Å². The molecule has 0 saturated heterocycles. The summed E-state index contributed by atoms with van der Waals surface area (Å²) in [6.45, 7) is 0. The van der Waals surface area contributed by atoms with Gasteiger partial charge in [0.25, 0.3) is 0 Å². The Morgan fingerprint density at radius 1 is 0.967 bits per heavy atom. The van der Waals surface area contributed by atoms with Crippen LogP contribution in [0.15, 0.2) is 73.1 Å². The third kappa shape index (κ3) is 4.49. The molecule has 2 aromatic heterocycles. The highest BCUT2D eigenvalue weighted by Gasteiger charge is 2.29. The first-order valence-electron chi connectivity index (χ1n) is 8.70. The van der Waals surface area contributed by atoms with Crippen LogP contribution in [0.25, 0.3) is 5.65 Å². The molecule has 2 N–H and O–H groups in total. The summed E-state index contributed by atoms with van der Waals surface area (Å²) in [7, 11) is 0. The van der Waals surface area contributed by atoms with Gasteiger partial charge in [-0.15, -0.1) is 5.10 Å². The minimum absolute atomic E-state index is 0.228. The van der Waals surface area contributed by atoms with E-state index in [1.165, 1.54) is 12.1 Å². The van der Waals surface area contributed by atoms with E-state index < -0.39 is 17.8 Å². The van der Waals surface area contributed by atoms with Crippen molar-refractivity contribution in [1.29, 1.82) is 0 Å².